The summed E-state index contributed by atoms with van der Waals surface area (Å²) in [7, 11) is -3.42. The molecular weight excluding hydrogens is 589 g/mol. The van der Waals surface area contributed by atoms with Crippen molar-refractivity contribution < 1.29 is 0 Å². The molecule has 2 aliphatic heterocycles. The Labute approximate surface area is 273 Å². The summed E-state index contributed by atoms with van der Waals surface area (Å²) in [5.74, 6) is 1.93. The van der Waals surface area contributed by atoms with Crippen LogP contribution in [0.25, 0.3) is 56.7 Å². The standard InChI is InChI=1S/C42H29N4Si/c1-6-17-29(18-7-1)39-43-41-36(45(39)31-21-10-3-11-22-31)34-27-16-28-35-37-42(47(41,38(34)35)33-25-14-5-15-26-33)44-40(30-19-8-2-9-20-30)46(37)32-23-12-4-13-24-32/h1-28,47H/q-1. The van der Waals surface area contributed by atoms with Crippen LogP contribution in [-0.2, 0) is 0 Å². The van der Waals surface area contributed by atoms with Gasteiger partial charge in [-0.15, -0.1) is 0 Å². The summed E-state index contributed by atoms with van der Waals surface area (Å²) in [5, 5.41) is 5.13. The fourth-order valence-corrected chi connectivity index (χ4v) is 14.3. The average molecular weight is 618 g/mol. The van der Waals surface area contributed by atoms with E-state index in [1.54, 1.807) is 0 Å². The molecule has 4 nitrogen and oxygen atoms in total. The number of rotatable bonds is 5. The predicted molar refractivity (Wildman–Crippen MR) is 195 cm³/mol. The molecule has 0 saturated heterocycles. The number of aromatic nitrogens is 4. The fourth-order valence-electron chi connectivity index (χ4n) is 8.29. The molecule has 47 heavy (non-hydrogen) atoms. The van der Waals surface area contributed by atoms with Gasteiger partial charge in [-0.3, -0.25) is 0 Å². The van der Waals surface area contributed by atoms with E-state index in [0.717, 1.165) is 34.2 Å². The second-order valence-electron chi connectivity index (χ2n) is 12.5. The summed E-state index contributed by atoms with van der Waals surface area (Å²) in [6.07, 6.45) is 0. The third kappa shape index (κ3) is 3.52. The number of hydrogen-bond donors (Lipinski definition) is 0. The molecular formula is C42H29N4Si-. The Morgan fingerprint density at radius 2 is 0.766 bits per heavy atom. The van der Waals surface area contributed by atoms with Crippen LogP contribution in [0.4, 0.5) is 0 Å². The van der Waals surface area contributed by atoms with Crippen molar-refractivity contribution in [2.24, 2.45) is 0 Å². The zero-order chi connectivity index (χ0) is 31.0. The molecule has 0 spiro atoms. The third-order valence-corrected chi connectivity index (χ3v) is 15.4. The molecule has 4 heterocycles. The van der Waals surface area contributed by atoms with Gasteiger partial charge in [0.25, 0.3) is 0 Å². The van der Waals surface area contributed by atoms with Crippen molar-refractivity contribution >= 4 is 29.1 Å². The Balaban J connectivity index is 1.39. The molecule has 0 N–H and O–H groups in total. The minimum atomic E-state index is -3.42. The van der Waals surface area contributed by atoms with E-state index in [9.17, 15) is 0 Å². The monoisotopic (exact) mass is 617 g/mol. The number of hydrogen-bond acceptors (Lipinski definition) is 2. The topological polar surface area (TPSA) is 35.6 Å². The van der Waals surface area contributed by atoms with E-state index in [1.807, 2.05) is 0 Å². The van der Waals surface area contributed by atoms with E-state index in [2.05, 4.69) is 179 Å². The molecule has 0 fully saturated rings. The van der Waals surface area contributed by atoms with Crippen LogP contribution in [0.2, 0.25) is 0 Å². The Morgan fingerprint density at radius 1 is 0.383 bits per heavy atom. The van der Waals surface area contributed by atoms with Crippen LogP contribution in [0.1, 0.15) is 0 Å². The van der Waals surface area contributed by atoms with Gasteiger partial charge in [0.05, 0.1) is 0 Å². The predicted octanol–water partition coefficient (Wildman–Crippen LogP) is 6.46. The number of benzene rings is 6. The Bertz CT molecular complexity index is 2280. The zero-order valence-corrected chi connectivity index (χ0v) is 26.7. The van der Waals surface area contributed by atoms with Gasteiger partial charge >= 0.3 is 275 Å². The van der Waals surface area contributed by atoms with Gasteiger partial charge in [0.2, 0.25) is 0 Å². The van der Waals surface area contributed by atoms with Crippen LogP contribution in [0.3, 0.4) is 0 Å². The molecule has 2 aromatic heterocycles. The number of para-hydroxylation sites is 2. The van der Waals surface area contributed by atoms with Crippen LogP contribution in [0, 0.1) is 0 Å². The molecule has 2 aliphatic rings. The van der Waals surface area contributed by atoms with Crippen molar-refractivity contribution in [3.8, 4) is 56.7 Å². The summed E-state index contributed by atoms with van der Waals surface area (Å²) < 4.78 is 4.80. The molecule has 0 bridgehead atoms. The number of imidazole rings is 2. The van der Waals surface area contributed by atoms with Gasteiger partial charge in [-0.2, -0.15) is 0 Å². The maximum atomic E-state index is 5.76. The van der Waals surface area contributed by atoms with Crippen molar-refractivity contribution in [2.75, 3.05) is 0 Å². The molecule has 8 aromatic rings. The first kappa shape index (κ1) is 26.2. The van der Waals surface area contributed by atoms with E-state index < -0.39 is 8.07 Å². The SMILES string of the molecule is c1ccc(-c2nc3c(n2-c2ccccc2)-c2cccc4c2[SiH-]3(c2ccccc2)c2nc(-c3ccccc3)n(-c3ccccc3)c2-4)cc1. The second-order valence-corrected chi connectivity index (χ2v) is 16.5. The van der Waals surface area contributed by atoms with E-state index >= 15 is 0 Å². The van der Waals surface area contributed by atoms with Gasteiger partial charge in [0.1, 0.15) is 0 Å². The molecule has 0 radical (unpaired) electrons. The molecule has 10 rings (SSSR count). The van der Waals surface area contributed by atoms with Crippen molar-refractivity contribution in [3.05, 3.63) is 170 Å². The van der Waals surface area contributed by atoms with E-state index in [4.69, 9.17) is 9.97 Å². The Morgan fingerprint density at radius 3 is 1.19 bits per heavy atom. The van der Waals surface area contributed by atoms with Crippen LogP contribution in [0.15, 0.2) is 170 Å². The molecule has 0 aliphatic carbocycles. The normalized spacial score (nSPS) is 14.0. The van der Waals surface area contributed by atoms with Crippen LogP contribution in [0.5, 0.6) is 0 Å². The van der Waals surface area contributed by atoms with E-state index in [-0.39, 0.29) is 0 Å². The first-order valence-electron chi connectivity index (χ1n) is 16.2. The average Bonchev–Trinajstić information content (AvgIpc) is 3.88. The van der Waals surface area contributed by atoms with Crippen molar-refractivity contribution in [2.45, 2.75) is 0 Å². The van der Waals surface area contributed by atoms with E-state index in [1.165, 1.54) is 43.5 Å². The summed E-state index contributed by atoms with van der Waals surface area (Å²) in [5.41, 5.74) is 9.35. The molecule has 0 saturated carbocycles. The molecule has 222 valence electrons. The van der Waals surface area contributed by atoms with Gasteiger partial charge in [-0.05, 0) is 0 Å². The fraction of sp³-hybridized carbons (Fsp3) is 0. The summed E-state index contributed by atoms with van der Waals surface area (Å²) in [6.45, 7) is 0. The third-order valence-electron chi connectivity index (χ3n) is 10.1. The quantitative estimate of drug-likeness (QED) is 0.208. The van der Waals surface area contributed by atoms with E-state index in [0.29, 0.717) is 0 Å². The Kier molecular flexibility index (Phi) is 5.56. The summed E-state index contributed by atoms with van der Waals surface area (Å²) in [6, 6.07) is 60.6. The summed E-state index contributed by atoms with van der Waals surface area (Å²) in [4.78, 5) is 11.5. The Hall–Kier alpha value is -6.04. The minimum absolute atomic E-state index is 0.965. The molecule has 0 unspecified atom stereocenters. The number of nitrogens with zero attached hydrogens (tertiary/aromatic N) is 4. The molecule has 0 atom stereocenters. The first-order valence-corrected chi connectivity index (χ1v) is 18.5. The molecule has 6 aromatic carbocycles. The second kappa shape index (κ2) is 9.98. The van der Waals surface area contributed by atoms with Gasteiger partial charge in [-0.1, -0.05) is 0 Å². The van der Waals surface area contributed by atoms with Gasteiger partial charge in [-0.25, -0.2) is 0 Å². The zero-order valence-electron chi connectivity index (χ0n) is 25.5. The van der Waals surface area contributed by atoms with Crippen molar-refractivity contribution in [1.82, 2.24) is 19.1 Å². The molecule has 5 heteroatoms. The van der Waals surface area contributed by atoms with Crippen molar-refractivity contribution in [3.63, 3.8) is 0 Å². The first-order chi connectivity index (χ1) is 23.4. The van der Waals surface area contributed by atoms with Crippen LogP contribution in [-0.4, -0.2) is 27.2 Å². The number of fused-ring (bicyclic) bond motifs is 6. The van der Waals surface area contributed by atoms with Gasteiger partial charge in [0.15, 0.2) is 0 Å². The van der Waals surface area contributed by atoms with Crippen LogP contribution < -0.4 is 21.0 Å². The van der Waals surface area contributed by atoms with Crippen molar-refractivity contribution in [1.29, 1.82) is 0 Å². The van der Waals surface area contributed by atoms with Gasteiger partial charge < -0.3 is 0 Å². The van der Waals surface area contributed by atoms with Crippen LogP contribution >= 0.6 is 0 Å². The molecule has 0 amide bonds. The summed E-state index contributed by atoms with van der Waals surface area (Å²) >= 11 is 0. The van der Waals surface area contributed by atoms with Gasteiger partial charge in [0, 0.05) is 0 Å². The maximum absolute atomic E-state index is 5.76.